The van der Waals surface area contributed by atoms with Gasteiger partial charge in [-0.15, -0.1) is 0 Å². The summed E-state index contributed by atoms with van der Waals surface area (Å²) >= 11 is 0. The summed E-state index contributed by atoms with van der Waals surface area (Å²) in [7, 11) is 1.56. The second-order valence-electron chi connectivity index (χ2n) is 4.81. The van der Waals surface area contributed by atoms with Crippen LogP contribution in [0.1, 0.15) is 21.5 Å². The molecule has 2 aromatic rings. The number of carbonyl (C=O) groups excluding carboxylic acids is 1. The lowest BCUT2D eigenvalue weighted by Crippen LogP contribution is -1.99. The Morgan fingerprint density at radius 2 is 1.90 bits per heavy atom. The van der Waals surface area contributed by atoms with Gasteiger partial charge in [0.05, 0.1) is 12.7 Å². The van der Waals surface area contributed by atoms with Gasteiger partial charge in [0, 0.05) is 6.07 Å². The Bertz CT molecular complexity index is 745. The molecule has 1 aliphatic rings. The van der Waals surface area contributed by atoms with E-state index in [2.05, 4.69) is 0 Å². The Morgan fingerprint density at radius 3 is 2.57 bits per heavy atom. The quantitative estimate of drug-likeness (QED) is 0.788. The first-order chi connectivity index (χ1) is 10.1. The first kappa shape index (κ1) is 13.4. The van der Waals surface area contributed by atoms with Crippen LogP contribution in [0.3, 0.4) is 0 Å². The molecule has 0 spiro atoms. The number of ketones is 1. The second kappa shape index (κ2) is 5.05. The van der Waals surface area contributed by atoms with Crippen LogP contribution in [0.4, 0.5) is 4.39 Å². The van der Waals surface area contributed by atoms with E-state index in [1.54, 1.807) is 37.5 Å². The Hall–Kier alpha value is -2.62. The normalized spacial score (nSPS) is 15.0. The van der Waals surface area contributed by atoms with Crippen LogP contribution < -0.4 is 9.47 Å². The molecule has 0 bridgehead atoms. The van der Waals surface area contributed by atoms with E-state index in [1.807, 2.05) is 6.92 Å². The van der Waals surface area contributed by atoms with Crippen LogP contribution in [0, 0.1) is 12.7 Å². The van der Waals surface area contributed by atoms with Crippen molar-refractivity contribution in [2.24, 2.45) is 0 Å². The summed E-state index contributed by atoms with van der Waals surface area (Å²) in [6.45, 7) is 1.84. The summed E-state index contributed by atoms with van der Waals surface area (Å²) in [6, 6.07) is 9.35. The first-order valence-electron chi connectivity index (χ1n) is 6.47. The highest BCUT2D eigenvalue weighted by Crippen LogP contribution is 2.37. The molecule has 0 aliphatic carbocycles. The van der Waals surface area contributed by atoms with Gasteiger partial charge in [0.2, 0.25) is 5.78 Å². The number of hydrogen-bond acceptors (Lipinski definition) is 3. The van der Waals surface area contributed by atoms with Gasteiger partial charge >= 0.3 is 0 Å². The standard InChI is InChI=1S/C17H13FO3/c1-10-7-13(20-2)9-14-16(10)17(19)15(21-14)8-11-3-5-12(18)6-4-11/h3-9H,1-2H3/b15-8-. The van der Waals surface area contributed by atoms with Crippen molar-refractivity contribution < 1.29 is 18.7 Å². The van der Waals surface area contributed by atoms with Crippen LogP contribution in [0.5, 0.6) is 11.5 Å². The number of aryl methyl sites for hydroxylation is 1. The molecular formula is C17H13FO3. The van der Waals surface area contributed by atoms with E-state index < -0.39 is 0 Å². The molecule has 1 heterocycles. The molecule has 0 amide bonds. The van der Waals surface area contributed by atoms with Gasteiger partial charge in [0.15, 0.2) is 5.76 Å². The summed E-state index contributed by atoms with van der Waals surface area (Å²) in [6.07, 6.45) is 1.60. The molecule has 3 rings (SSSR count). The number of rotatable bonds is 2. The van der Waals surface area contributed by atoms with Gasteiger partial charge in [-0.25, -0.2) is 4.39 Å². The topological polar surface area (TPSA) is 35.5 Å². The van der Waals surface area contributed by atoms with Gasteiger partial charge in [-0.1, -0.05) is 12.1 Å². The highest BCUT2D eigenvalue weighted by molar-refractivity contribution is 6.15. The lowest BCUT2D eigenvalue weighted by atomic mass is 10.0. The Labute approximate surface area is 121 Å². The predicted octanol–water partition coefficient (Wildman–Crippen LogP) is 3.76. The zero-order chi connectivity index (χ0) is 15.0. The molecule has 21 heavy (non-hydrogen) atoms. The van der Waals surface area contributed by atoms with Crippen LogP contribution in [0.2, 0.25) is 0 Å². The smallest absolute Gasteiger partial charge is 0.232 e. The summed E-state index contributed by atoms with van der Waals surface area (Å²) < 4.78 is 23.7. The van der Waals surface area contributed by atoms with E-state index in [9.17, 15) is 9.18 Å². The van der Waals surface area contributed by atoms with E-state index in [-0.39, 0.29) is 17.4 Å². The summed E-state index contributed by atoms with van der Waals surface area (Å²) in [5.41, 5.74) is 2.05. The van der Waals surface area contributed by atoms with Crippen molar-refractivity contribution in [2.45, 2.75) is 6.92 Å². The first-order valence-corrected chi connectivity index (χ1v) is 6.47. The number of ether oxygens (including phenoxy) is 2. The third-order valence-electron chi connectivity index (χ3n) is 3.35. The van der Waals surface area contributed by atoms with E-state index in [0.29, 0.717) is 22.6 Å². The van der Waals surface area contributed by atoms with Crippen molar-refractivity contribution in [2.75, 3.05) is 7.11 Å². The molecule has 0 atom stereocenters. The summed E-state index contributed by atoms with van der Waals surface area (Å²) in [4.78, 5) is 12.4. The van der Waals surface area contributed by atoms with E-state index in [4.69, 9.17) is 9.47 Å². The Kier molecular flexibility index (Phi) is 3.22. The van der Waals surface area contributed by atoms with Crippen molar-refractivity contribution in [1.29, 1.82) is 0 Å². The van der Waals surface area contributed by atoms with Gasteiger partial charge in [-0.2, -0.15) is 0 Å². The number of benzene rings is 2. The zero-order valence-corrected chi connectivity index (χ0v) is 11.6. The van der Waals surface area contributed by atoms with Crippen LogP contribution in [-0.4, -0.2) is 12.9 Å². The molecular weight excluding hydrogens is 271 g/mol. The van der Waals surface area contributed by atoms with E-state index in [1.165, 1.54) is 12.1 Å². The van der Waals surface area contributed by atoms with Crippen LogP contribution >= 0.6 is 0 Å². The van der Waals surface area contributed by atoms with Crippen molar-refractivity contribution in [3.05, 3.63) is 64.7 Å². The average Bonchev–Trinajstić information content (AvgIpc) is 2.78. The van der Waals surface area contributed by atoms with Gasteiger partial charge in [0.25, 0.3) is 0 Å². The monoisotopic (exact) mass is 284 g/mol. The van der Waals surface area contributed by atoms with E-state index >= 15 is 0 Å². The van der Waals surface area contributed by atoms with Crippen molar-refractivity contribution in [3.63, 3.8) is 0 Å². The van der Waals surface area contributed by atoms with Gasteiger partial charge in [0.1, 0.15) is 17.3 Å². The zero-order valence-electron chi connectivity index (χ0n) is 11.6. The Morgan fingerprint density at radius 1 is 1.19 bits per heavy atom. The number of allylic oxidation sites excluding steroid dienone is 1. The molecule has 2 aromatic carbocycles. The molecule has 0 aromatic heterocycles. The van der Waals surface area contributed by atoms with Crippen LogP contribution in [-0.2, 0) is 0 Å². The maximum Gasteiger partial charge on any atom is 0.232 e. The largest absolute Gasteiger partial charge is 0.497 e. The maximum absolute atomic E-state index is 12.9. The molecule has 0 saturated carbocycles. The fourth-order valence-electron chi connectivity index (χ4n) is 2.31. The third-order valence-corrected chi connectivity index (χ3v) is 3.35. The lowest BCUT2D eigenvalue weighted by Gasteiger charge is -2.04. The Balaban J connectivity index is 2.00. The summed E-state index contributed by atoms with van der Waals surface area (Å²) in [5.74, 6) is 0.870. The molecule has 0 saturated heterocycles. The van der Waals surface area contributed by atoms with Crippen LogP contribution in [0.15, 0.2) is 42.2 Å². The number of halogens is 1. The fraction of sp³-hybridized carbons (Fsp3) is 0.118. The van der Waals surface area contributed by atoms with E-state index in [0.717, 1.165) is 5.56 Å². The number of hydrogen-bond donors (Lipinski definition) is 0. The highest BCUT2D eigenvalue weighted by atomic mass is 19.1. The van der Waals surface area contributed by atoms with Crippen molar-refractivity contribution in [3.8, 4) is 11.5 Å². The number of carbonyl (C=O) groups is 1. The third kappa shape index (κ3) is 2.40. The number of methoxy groups -OCH3 is 1. The molecule has 0 fully saturated rings. The van der Waals surface area contributed by atoms with Crippen molar-refractivity contribution in [1.82, 2.24) is 0 Å². The van der Waals surface area contributed by atoms with Crippen LogP contribution in [0.25, 0.3) is 6.08 Å². The van der Waals surface area contributed by atoms with Crippen molar-refractivity contribution >= 4 is 11.9 Å². The van der Waals surface area contributed by atoms with Gasteiger partial charge < -0.3 is 9.47 Å². The molecule has 106 valence electrons. The molecule has 1 aliphatic heterocycles. The van der Waals surface area contributed by atoms with Gasteiger partial charge in [-0.3, -0.25) is 4.79 Å². The lowest BCUT2D eigenvalue weighted by molar-refractivity contribution is 0.101. The number of Topliss-reactive ketones (excluding diaryl/α,β-unsaturated/α-hetero) is 1. The average molecular weight is 284 g/mol. The minimum Gasteiger partial charge on any atom is -0.497 e. The number of fused-ring (bicyclic) bond motifs is 1. The SMILES string of the molecule is COc1cc(C)c2c(c1)O/C(=C\c1ccc(F)cc1)C2=O. The fourth-order valence-corrected chi connectivity index (χ4v) is 2.31. The minimum absolute atomic E-state index is 0.172. The minimum atomic E-state index is -0.320. The molecule has 0 N–H and O–H groups in total. The second-order valence-corrected chi connectivity index (χ2v) is 4.81. The molecule has 0 radical (unpaired) electrons. The summed E-state index contributed by atoms with van der Waals surface area (Å²) in [5, 5.41) is 0. The predicted molar refractivity (Wildman–Crippen MR) is 77.1 cm³/mol. The van der Waals surface area contributed by atoms with Gasteiger partial charge in [-0.05, 0) is 42.3 Å². The molecule has 0 unspecified atom stereocenters. The molecule has 4 heteroatoms. The molecule has 3 nitrogen and oxygen atoms in total. The highest BCUT2D eigenvalue weighted by Gasteiger charge is 2.29. The maximum atomic E-state index is 12.9.